The van der Waals surface area contributed by atoms with Crippen molar-refractivity contribution in [1.82, 2.24) is 9.88 Å². The Balaban J connectivity index is 2.09. The summed E-state index contributed by atoms with van der Waals surface area (Å²) in [5.74, 6) is -0.143. The first kappa shape index (κ1) is 11.4. The van der Waals surface area contributed by atoms with Crippen LogP contribution in [0.15, 0.2) is 18.3 Å². The largest absolute Gasteiger partial charge is 0.391 e. The third-order valence-corrected chi connectivity index (χ3v) is 2.85. The second-order valence-corrected chi connectivity index (χ2v) is 4.35. The minimum absolute atomic E-state index is 0.143. The molecule has 5 heteroatoms. The van der Waals surface area contributed by atoms with E-state index in [0.29, 0.717) is 23.8 Å². The van der Waals surface area contributed by atoms with Crippen molar-refractivity contribution in [2.75, 3.05) is 13.1 Å². The van der Waals surface area contributed by atoms with Gasteiger partial charge in [0.1, 0.15) is 5.69 Å². The van der Waals surface area contributed by atoms with Gasteiger partial charge >= 0.3 is 0 Å². The lowest BCUT2D eigenvalue weighted by Crippen LogP contribution is -2.42. The Hall–Kier alpha value is -1.13. The molecule has 16 heavy (non-hydrogen) atoms. The van der Waals surface area contributed by atoms with E-state index >= 15 is 0 Å². The maximum atomic E-state index is 12.0. The van der Waals surface area contributed by atoms with E-state index in [2.05, 4.69) is 4.98 Å². The molecule has 2 heterocycles. The zero-order valence-corrected chi connectivity index (χ0v) is 9.52. The summed E-state index contributed by atoms with van der Waals surface area (Å²) in [4.78, 5) is 17.6. The van der Waals surface area contributed by atoms with Gasteiger partial charge in [-0.15, -0.1) is 0 Å². The summed E-state index contributed by atoms with van der Waals surface area (Å²) in [6.45, 7) is 1.07. The van der Waals surface area contributed by atoms with Gasteiger partial charge in [-0.25, -0.2) is 4.98 Å². The van der Waals surface area contributed by atoms with Crippen LogP contribution in [0.1, 0.15) is 23.3 Å². The number of aromatic nitrogens is 1. The van der Waals surface area contributed by atoms with Crippen molar-refractivity contribution in [3.63, 3.8) is 0 Å². The lowest BCUT2D eigenvalue weighted by atomic mass is 10.1. The number of pyridine rings is 1. The number of β-amino-alcohol motifs (C(OH)–C–C–N with tert-alkyl or cyclic N) is 1. The van der Waals surface area contributed by atoms with Crippen LogP contribution in [0.3, 0.4) is 0 Å². The van der Waals surface area contributed by atoms with Gasteiger partial charge in [0.2, 0.25) is 0 Å². The summed E-state index contributed by atoms with van der Waals surface area (Å²) in [6.07, 6.45) is 2.64. The van der Waals surface area contributed by atoms with E-state index in [0.717, 1.165) is 12.8 Å². The fourth-order valence-electron chi connectivity index (χ4n) is 1.80. The molecule has 0 aromatic carbocycles. The van der Waals surface area contributed by atoms with Gasteiger partial charge in [0.25, 0.3) is 5.91 Å². The van der Waals surface area contributed by atoms with Gasteiger partial charge in [-0.1, -0.05) is 11.6 Å². The Labute approximate surface area is 98.9 Å². The van der Waals surface area contributed by atoms with Crippen molar-refractivity contribution < 1.29 is 9.90 Å². The number of halogens is 1. The molecule has 1 fully saturated rings. The maximum Gasteiger partial charge on any atom is 0.272 e. The second-order valence-electron chi connectivity index (χ2n) is 3.91. The normalized spacial score (nSPS) is 20.9. The number of aliphatic hydroxyl groups excluding tert-OH is 1. The summed E-state index contributed by atoms with van der Waals surface area (Å²) in [6, 6.07) is 3.24. The molecule has 1 atom stereocenters. The number of nitrogens with zero attached hydrogens (tertiary/aromatic N) is 2. The van der Waals surface area contributed by atoms with Crippen LogP contribution in [-0.2, 0) is 0 Å². The molecule has 1 aromatic rings. The molecule has 0 saturated carbocycles. The number of likely N-dealkylation sites (tertiary alicyclic amines) is 1. The van der Waals surface area contributed by atoms with Crippen molar-refractivity contribution in [2.24, 2.45) is 0 Å². The number of carbonyl (C=O) groups is 1. The minimum atomic E-state index is -0.412. The highest BCUT2D eigenvalue weighted by atomic mass is 35.5. The first-order valence-corrected chi connectivity index (χ1v) is 5.63. The zero-order valence-electron chi connectivity index (χ0n) is 8.77. The molecular weight excluding hydrogens is 228 g/mol. The standard InChI is InChI=1S/C11H13ClN2O2/c12-8-3-4-10(13-6-8)11(16)14-5-1-2-9(15)7-14/h3-4,6,9,15H,1-2,5,7H2. The summed E-state index contributed by atoms with van der Waals surface area (Å²) >= 11 is 5.70. The van der Waals surface area contributed by atoms with Crippen molar-refractivity contribution in [3.8, 4) is 0 Å². The van der Waals surface area contributed by atoms with Crippen molar-refractivity contribution in [2.45, 2.75) is 18.9 Å². The highest BCUT2D eigenvalue weighted by Gasteiger charge is 2.23. The lowest BCUT2D eigenvalue weighted by molar-refractivity contribution is 0.0469. The summed E-state index contributed by atoms with van der Waals surface area (Å²) in [7, 11) is 0. The van der Waals surface area contributed by atoms with Crippen molar-refractivity contribution >= 4 is 17.5 Å². The molecule has 86 valence electrons. The molecule has 4 nitrogen and oxygen atoms in total. The predicted octanol–water partition coefficient (Wildman–Crippen LogP) is 1.33. The Kier molecular flexibility index (Phi) is 3.41. The number of carbonyl (C=O) groups excluding carboxylic acids is 1. The van der Waals surface area contributed by atoms with Gasteiger partial charge in [0, 0.05) is 19.3 Å². The second kappa shape index (κ2) is 4.80. The van der Waals surface area contributed by atoms with Crippen LogP contribution in [0.25, 0.3) is 0 Å². The number of hydrogen-bond acceptors (Lipinski definition) is 3. The SMILES string of the molecule is O=C(c1ccc(Cl)cn1)N1CCCC(O)C1. The summed E-state index contributed by atoms with van der Waals surface area (Å²) < 4.78 is 0. The number of amides is 1. The van der Waals surface area contributed by atoms with Gasteiger partial charge in [-0.2, -0.15) is 0 Å². The molecule has 1 N–H and O–H groups in total. The molecule has 1 unspecified atom stereocenters. The molecule has 0 spiro atoms. The molecule has 1 saturated heterocycles. The van der Waals surface area contributed by atoms with Crippen LogP contribution in [0.2, 0.25) is 5.02 Å². The van der Waals surface area contributed by atoms with E-state index in [1.165, 1.54) is 6.20 Å². The molecule has 1 amide bonds. The number of piperidine rings is 1. The first-order valence-electron chi connectivity index (χ1n) is 5.26. The molecule has 2 rings (SSSR count). The molecular formula is C11H13ClN2O2. The third-order valence-electron chi connectivity index (χ3n) is 2.63. The van der Waals surface area contributed by atoms with Gasteiger partial charge in [0.05, 0.1) is 11.1 Å². The Morgan fingerprint density at radius 2 is 2.38 bits per heavy atom. The van der Waals surface area contributed by atoms with E-state index in [-0.39, 0.29) is 5.91 Å². The molecule has 0 aliphatic carbocycles. The topological polar surface area (TPSA) is 53.4 Å². The number of hydrogen-bond donors (Lipinski definition) is 1. The summed E-state index contributed by atoms with van der Waals surface area (Å²) in [5.41, 5.74) is 0.374. The average Bonchev–Trinajstić information content (AvgIpc) is 2.29. The molecule has 1 aliphatic rings. The Morgan fingerprint density at radius 3 is 3.00 bits per heavy atom. The first-order chi connectivity index (χ1) is 7.66. The number of rotatable bonds is 1. The van der Waals surface area contributed by atoms with Crippen molar-refractivity contribution in [1.29, 1.82) is 0 Å². The van der Waals surface area contributed by atoms with E-state index in [1.807, 2.05) is 0 Å². The maximum absolute atomic E-state index is 12.0. The van der Waals surface area contributed by atoms with Gasteiger partial charge in [0.15, 0.2) is 0 Å². The average molecular weight is 241 g/mol. The Morgan fingerprint density at radius 1 is 1.56 bits per heavy atom. The molecule has 0 bridgehead atoms. The van der Waals surface area contributed by atoms with Crippen LogP contribution in [-0.4, -0.2) is 40.1 Å². The van der Waals surface area contributed by atoms with Gasteiger partial charge in [-0.3, -0.25) is 4.79 Å². The molecule has 0 radical (unpaired) electrons. The Bertz CT molecular complexity index is 380. The minimum Gasteiger partial charge on any atom is -0.391 e. The van der Waals surface area contributed by atoms with Crippen LogP contribution in [0.4, 0.5) is 0 Å². The van der Waals surface area contributed by atoms with Gasteiger partial charge in [-0.05, 0) is 25.0 Å². The predicted molar refractivity (Wildman–Crippen MR) is 60.4 cm³/mol. The van der Waals surface area contributed by atoms with Gasteiger partial charge < -0.3 is 10.0 Å². The highest BCUT2D eigenvalue weighted by molar-refractivity contribution is 6.30. The smallest absolute Gasteiger partial charge is 0.272 e. The monoisotopic (exact) mass is 240 g/mol. The van der Waals surface area contributed by atoms with Crippen LogP contribution < -0.4 is 0 Å². The molecule has 1 aliphatic heterocycles. The van der Waals surface area contributed by atoms with Crippen molar-refractivity contribution in [3.05, 3.63) is 29.0 Å². The van der Waals surface area contributed by atoms with Crippen LogP contribution in [0.5, 0.6) is 0 Å². The van der Waals surface area contributed by atoms with Crippen LogP contribution >= 0.6 is 11.6 Å². The molecule has 1 aromatic heterocycles. The lowest BCUT2D eigenvalue weighted by Gasteiger charge is -2.29. The fraction of sp³-hybridized carbons (Fsp3) is 0.455. The van der Waals surface area contributed by atoms with Crippen LogP contribution in [0, 0.1) is 0 Å². The zero-order chi connectivity index (χ0) is 11.5. The quantitative estimate of drug-likeness (QED) is 0.806. The van der Waals surface area contributed by atoms with E-state index < -0.39 is 6.10 Å². The fourth-order valence-corrected chi connectivity index (χ4v) is 1.92. The van der Waals surface area contributed by atoms with E-state index in [4.69, 9.17) is 11.6 Å². The third kappa shape index (κ3) is 2.51. The highest BCUT2D eigenvalue weighted by Crippen LogP contribution is 2.13. The summed E-state index contributed by atoms with van der Waals surface area (Å²) in [5, 5.41) is 9.99. The van der Waals surface area contributed by atoms with E-state index in [1.54, 1.807) is 17.0 Å². The number of aliphatic hydroxyl groups is 1. The van der Waals surface area contributed by atoms with E-state index in [9.17, 15) is 9.90 Å².